The topological polar surface area (TPSA) is 86.3 Å². The Balaban J connectivity index is 1.40. The zero-order valence-electron chi connectivity index (χ0n) is 16.9. The molecule has 1 aliphatic carbocycles. The van der Waals surface area contributed by atoms with Crippen molar-refractivity contribution in [3.8, 4) is 11.4 Å². The number of aryl methyl sites for hydroxylation is 1. The summed E-state index contributed by atoms with van der Waals surface area (Å²) < 4.78 is 9.22. The average molecular weight is 415 g/mol. The van der Waals surface area contributed by atoms with Crippen molar-refractivity contribution in [2.75, 3.05) is 0 Å². The van der Waals surface area contributed by atoms with Gasteiger partial charge in [0, 0.05) is 25.2 Å². The van der Waals surface area contributed by atoms with Gasteiger partial charge in [0.15, 0.2) is 0 Å². The second kappa shape index (κ2) is 7.43. The minimum Gasteiger partial charge on any atom is -0.489 e. The summed E-state index contributed by atoms with van der Waals surface area (Å²) in [5.74, 6) is 0.0982. The Labute approximate surface area is 178 Å². The van der Waals surface area contributed by atoms with Gasteiger partial charge in [-0.05, 0) is 36.2 Å². The number of hydrogen-bond donors (Lipinski definition) is 1. The van der Waals surface area contributed by atoms with E-state index in [0.717, 1.165) is 22.4 Å². The highest BCUT2D eigenvalue weighted by molar-refractivity contribution is 5.80. The Morgan fingerprint density at radius 1 is 1.16 bits per heavy atom. The summed E-state index contributed by atoms with van der Waals surface area (Å²) in [7, 11) is 1.88. The first-order valence-corrected chi connectivity index (χ1v) is 10.1. The number of ether oxygens (including phenoxy) is 1. The van der Waals surface area contributed by atoms with Gasteiger partial charge in [-0.15, -0.1) is 0 Å². The van der Waals surface area contributed by atoms with E-state index >= 15 is 0 Å². The molecule has 0 amide bonds. The van der Waals surface area contributed by atoms with E-state index in [-0.39, 0.29) is 17.4 Å². The standard InChI is InChI=1S/C24H21N3O4/c1-26-21-11-16(7-8-20(21)25-23(26)18-13-19(18)24(29)30)27-10-9-17(12-22(27)28)31-14-15-5-3-2-4-6-15/h2-12,18-19H,13-14H2,1H3,(H,29,30). The van der Waals surface area contributed by atoms with Crippen LogP contribution in [0.2, 0.25) is 0 Å². The molecule has 2 aromatic carbocycles. The molecule has 0 radical (unpaired) electrons. The zero-order chi connectivity index (χ0) is 21.5. The fraction of sp³-hybridized carbons (Fsp3) is 0.208. The summed E-state index contributed by atoms with van der Waals surface area (Å²) in [5, 5.41) is 9.21. The maximum atomic E-state index is 12.7. The van der Waals surface area contributed by atoms with Crippen LogP contribution in [0, 0.1) is 5.92 Å². The minimum absolute atomic E-state index is 0.0536. The number of nitrogens with zero attached hydrogens (tertiary/aromatic N) is 3. The van der Waals surface area contributed by atoms with E-state index < -0.39 is 5.97 Å². The molecule has 0 aliphatic heterocycles. The first kappa shape index (κ1) is 19.1. The van der Waals surface area contributed by atoms with Crippen LogP contribution in [0.15, 0.2) is 71.7 Å². The van der Waals surface area contributed by atoms with Gasteiger partial charge >= 0.3 is 5.97 Å². The molecule has 0 saturated heterocycles. The van der Waals surface area contributed by atoms with E-state index in [1.165, 1.54) is 6.07 Å². The van der Waals surface area contributed by atoms with Gasteiger partial charge in [0.25, 0.3) is 5.56 Å². The maximum absolute atomic E-state index is 12.7. The molecule has 1 saturated carbocycles. The SMILES string of the molecule is Cn1c(C2CC2C(=O)O)nc2ccc(-n3ccc(OCc4ccccc4)cc3=O)cc21. The van der Waals surface area contributed by atoms with Crippen LogP contribution >= 0.6 is 0 Å². The van der Waals surface area contributed by atoms with Crippen molar-refractivity contribution in [2.45, 2.75) is 18.9 Å². The summed E-state index contributed by atoms with van der Waals surface area (Å²) in [6, 6.07) is 18.6. The van der Waals surface area contributed by atoms with E-state index in [1.807, 2.05) is 60.1 Å². The molecule has 2 unspecified atom stereocenters. The van der Waals surface area contributed by atoms with Crippen LogP contribution in [-0.4, -0.2) is 25.2 Å². The van der Waals surface area contributed by atoms with Crippen LogP contribution in [0.1, 0.15) is 23.7 Å². The molecule has 1 aliphatic rings. The molecule has 156 valence electrons. The van der Waals surface area contributed by atoms with Crippen LogP contribution in [0.25, 0.3) is 16.7 Å². The van der Waals surface area contributed by atoms with Crippen molar-refractivity contribution in [3.63, 3.8) is 0 Å². The second-order valence-electron chi connectivity index (χ2n) is 7.83. The lowest BCUT2D eigenvalue weighted by Crippen LogP contribution is -2.16. The molecule has 31 heavy (non-hydrogen) atoms. The van der Waals surface area contributed by atoms with Crippen molar-refractivity contribution in [1.29, 1.82) is 0 Å². The first-order valence-electron chi connectivity index (χ1n) is 10.1. The average Bonchev–Trinajstić information content (AvgIpc) is 3.51. The number of carboxylic acid groups (broad SMARTS) is 1. The molecule has 1 N–H and O–H groups in total. The Bertz CT molecular complexity index is 1340. The van der Waals surface area contributed by atoms with E-state index in [9.17, 15) is 14.7 Å². The number of pyridine rings is 1. The summed E-state index contributed by atoms with van der Waals surface area (Å²) >= 11 is 0. The fourth-order valence-electron chi connectivity index (χ4n) is 3.94. The molecule has 5 rings (SSSR count). The van der Waals surface area contributed by atoms with Crippen molar-refractivity contribution in [2.24, 2.45) is 13.0 Å². The molecule has 7 heteroatoms. The van der Waals surface area contributed by atoms with Gasteiger partial charge in [-0.3, -0.25) is 14.2 Å². The molecule has 2 atom stereocenters. The summed E-state index contributed by atoms with van der Waals surface area (Å²) in [5.41, 5.74) is 3.20. The van der Waals surface area contributed by atoms with Crippen LogP contribution in [0.3, 0.4) is 0 Å². The Morgan fingerprint density at radius 3 is 2.68 bits per heavy atom. The number of imidazole rings is 1. The van der Waals surface area contributed by atoms with E-state index in [2.05, 4.69) is 4.98 Å². The smallest absolute Gasteiger partial charge is 0.307 e. The van der Waals surface area contributed by atoms with Gasteiger partial charge in [-0.25, -0.2) is 4.98 Å². The number of fused-ring (bicyclic) bond motifs is 1. The van der Waals surface area contributed by atoms with E-state index in [4.69, 9.17) is 4.74 Å². The molecular formula is C24H21N3O4. The number of aromatic nitrogens is 3. The molecule has 4 aromatic rings. The van der Waals surface area contributed by atoms with Crippen LogP contribution in [0.4, 0.5) is 0 Å². The highest BCUT2D eigenvalue weighted by Gasteiger charge is 2.46. The van der Waals surface area contributed by atoms with Gasteiger partial charge in [0.05, 0.1) is 22.6 Å². The predicted molar refractivity (Wildman–Crippen MR) is 116 cm³/mol. The highest BCUT2D eigenvalue weighted by atomic mass is 16.5. The normalized spacial score (nSPS) is 17.6. The summed E-state index contributed by atoms with van der Waals surface area (Å²) in [6.07, 6.45) is 2.31. The summed E-state index contributed by atoms with van der Waals surface area (Å²) in [6.45, 7) is 0.395. The van der Waals surface area contributed by atoms with Gasteiger partial charge in [0.1, 0.15) is 18.2 Å². The largest absolute Gasteiger partial charge is 0.489 e. The molecule has 2 heterocycles. The van der Waals surface area contributed by atoms with Crippen molar-refractivity contribution in [3.05, 3.63) is 88.6 Å². The number of benzene rings is 2. The third kappa shape index (κ3) is 3.59. The maximum Gasteiger partial charge on any atom is 0.307 e. The molecule has 1 fully saturated rings. The second-order valence-corrected chi connectivity index (χ2v) is 7.83. The summed E-state index contributed by atoms with van der Waals surface area (Å²) in [4.78, 5) is 28.6. The Hall–Kier alpha value is -3.87. The highest BCUT2D eigenvalue weighted by Crippen LogP contribution is 2.47. The van der Waals surface area contributed by atoms with Crippen LogP contribution in [0.5, 0.6) is 5.75 Å². The lowest BCUT2D eigenvalue weighted by molar-refractivity contribution is -0.138. The van der Waals surface area contributed by atoms with Crippen LogP contribution in [-0.2, 0) is 18.4 Å². The third-order valence-corrected chi connectivity index (χ3v) is 5.76. The number of carbonyl (C=O) groups is 1. The van der Waals surface area contributed by atoms with E-state index in [1.54, 1.807) is 16.8 Å². The third-order valence-electron chi connectivity index (χ3n) is 5.76. The van der Waals surface area contributed by atoms with Crippen molar-refractivity contribution < 1.29 is 14.6 Å². The lowest BCUT2D eigenvalue weighted by atomic mass is 10.2. The number of aliphatic carboxylic acids is 1. The van der Waals surface area contributed by atoms with Gasteiger partial charge in [0.2, 0.25) is 0 Å². The van der Waals surface area contributed by atoms with Crippen LogP contribution < -0.4 is 10.3 Å². The number of carboxylic acids is 1. The first-order chi connectivity index (χ1) is 15.0. The van der Waals surface area contributed by atoms with Gasteiger partial charge in [-0.2, -0.15) is 0 Å². The number of hydrogen-bond acceptors (Lipinski definition) is 4. The number of rotatable bonds is 6. The molecule has 2 aromatic heterocycles. The molecular weight excluding hydrogens is 394 g/mol. The van der Waals surface area contributed by atoms with Gasteiger partial charge < -0.3 is 14.4 Å². The molecule has 0 spiro atoms. The minimum atomic E-state index is -0.779. The molecule has 0 bridgehead atoms. The molecule has 7 nitrogen and oxygen atoms in total. The van der Waals surface area contributed by atoms with E-state index in [0.29, 0.717) is 24.5 Å². The quantitative estimate of drug-likeness (QED) is 0.521. The lowest BCUT2D eigenvalue weighted by Gasteiger charge is -2.09. The van der Waals surface area contributed by atoms with Crippen molar-refractivity contribution >= 4 is 17.0 Å². The monoisotopic (exact) mass is 415 g/mol. The Morgan fingerprint density at radius 2 is 1.97 bits per heavy atom. The van der Waals surface area contributed by atoms with Crippen molar-refractivity contribution in [1.82, 2.24) is 14.1 Å². The zero-order valence-corrected chi connectivity index (χ0v) is 16.9. The Kier molecular flexibility index (Phi) is 4.58. The predicted octanol–water partition coefficient (Wildman–Crippen LogP) is 3.49. The van der Waals surface area contributed by atoms with Gasteiger partial charge in [-0.1, -0.05) is 30.3 Å². The fourth-order valence-corrected chi connectivity index (χ4v) is 3.94.